The van der Waals surface area contributed by atoms with Crippen LogP contribution < -0.4 is 5.32 Å². The lowest BCUT2D eigenvalue weighted by Crippen LogP contribution is -2.32. The largest absolute Gasteiger partial charge is 0.381 e. The third-order valence-electron chi connectivity index (χ3n) is 2.84. The Morgan fingerprint density at radius 1 is 1.28 bits per heavy atom. The number of hydrogen-bond acceptors (Lipinski definition) is 2. The standard InChI is InChI=1S/C15H24FNO/c1-4-18-11-13(10-17-12(2)3)9-14-7-5-6-8-15(14)16/h5-8,12-13,17H,4,9-11H2,1-3H3. The van der Waals surface area contributed by atoms with E-state index in [1.165, 1.54) is 6.07 Å². The monoisotopic (exact) mass is 253 g/mol. The van der Waals surface area contributed by atoms with Gasteiger partial charge in [0.2, 0.25) is 0 Å². The lowest BCUT2D eigenvalue weighted by atomic mass is 9.99. The highest BCUT2D eigenvalue weighted by Crippen LogP contribution is 2.13. The highest BCUT2D eigenvalue weighted by molar-refractivity contribution is 5.17. The molecule has 0 heterocycles. The Morgan fingerprint density at radius 3 is 2.61 bits per heavy atom. The van der Waals surface area contributed by atoms with E-state index in [0.717, 1.165) is 12.1 Å². The summed E-state index contributed by atoms with van der Waals surface area (Å²) in [5.41, 5.74) is 0.771. The number of ether oxygens (including phenoxy) is 1. The van der Waals surface area contributed by atoms with Crippen molar-refractivity contribution < 1.29 is 9.13 Å². The second-order valence-electron chi connectivity index (χ2n) is 4.88. The maximum absolute atomic E-state index is 13.6. The minimum absolute atomic E-state index is 0.122. The molecule has 0 bridgehead atoms. The van der Waals surface area contributed by atoms with Crippen LogP contribution in [0.3, 0.4) is 0 Å². The van der Waals surface area contributed by atoms with E-state index in [1.54, 1.807) is 6.07 Å². The van der Waals surface area contributed by atoms with Gasteiger partial charge in [0, 0.05) is 19.2 Å². The summed E-state index contributed by atoms with van der Waals surface area (Å²) in [4.78, 5) is 0. The van der Waals surface area contributed by atoms with Crippen LogP contribution in [-0.2, 0) is 11.2 Å². The van der Waals surface area contributed by atoms with Gasteiger partial charge in [0.25, 0.3) is 0 Å². The van der Waals surface area contributed by atoms with Crippen LogP contribution in [0, 0.1) is 11.7 Å². The Hall–Kier alpha value is -0.930. The van der Waals surface area contributed by atoms with Crippen LogP contribution in [0.25, 0.3) is 0 Å². The zero-order valence-corrected chi connectivity index (χ0v) is 11.6. The first kappa shape index (κ1) is 15.1. The normalized spacial score (nSPS) is 12.9. The average Bonchev–Trinajstić information content (AvgIpc) is 2.35. The Bertz CT molecular complexity index is 341. The number of nitrogens with one attached hydrogen (secondary N) is 1. The molecule has 0 aromatic heterocycles. The molecule has 18 heavy (non-hydrogen) atoms. The van der Waals surface area contributed by atoms with Crippen LogP contribution in [-0.4, -0.2) is 25.8 Å². The first-order chi connectivity index (χ1) is 8.63. The fourth-order valence-corrected chi connectivity index (χ4v) is 1.85. The predicted octanol–water partition coefficient (Wildman–Crippen LogP) is 3.02. The quantitative estimate of drug-likeness (QED) is 0.769. The molecule has 3 heteroatoms. The Balaban J connectivity index is 2.56. The average molecular weight is 253 g/mol. The van der Waals surface area contributed by atoms with Crippen LogP contribution in [0.5, 0.6) is 0 Å². The van der Waals surface area contributed by atoms with E-state index in [9.17, 15) is 4.39 Å². The van der Waals surface area contributed by atoms with Crippen molar-refractivity contribution in [1.29, 1.82) is 0 Å². The molecule has 0 saturated carbocycles. The maximum atomic E-state index is 13.6. The summed E-state index contributed by atoms with van der Waals surface area (Å²) >= 11 is 0. The van der Waals surface area contributed by atoms with E-state index in [0.29, 0.717) is 31.6 Å². The third kappa shape index (κ3) is 5.61. The summed E-state index contributed by atoms with van der Waals surface area (Å²) in [6.45, 7) is 8.43. The van der Waals surface area contributed by atoms with Gasteiger partial charge in [-0.2, -0.15) is 0 Å². The smallest absolute Gasteiger partial charge is 0.126 e. The molecule has 1 atom stereocenters. The van der Waals surface area contributed by atoms with Crippen LogP contribution in [0.2, 0.25) is 0 Å². The van der Waals surface area contributed by atoms with Crippen molar-refractivity contribution >= 4 is 0 Å². The fraction of sp³-hybridized carbons (Fsp3) is 0.600. The van der Waals surface area contributed by atoms with Gasteiger partial charge in [0.05, 0.1) is 6.61 Å². The molecule has 1 aromatic rings. The van der Waals surface area contributed by atoms with Gasteiger partial charge in [-0.25, -0.2) is 4.39 Å². The maximum Gasteiger partial charge on any atom is 0.126 e. The summed E-state index contributed by atoms with van der Waals surface area (Å²) < 4.78 is 19.1. The minimum atomic E-state index is -0.122. The van der Waals surface area contributed by atoms with Crippen molar-refractivity contribution in [2.75, 3.05) is 19.8 Å². The van der Waals surface area contributed by atoms with Crippen molar-refractivity contribution in [2.45, 2.75) is 33.2 Å². The molecule has 0 aliphatic heterocycles. The molecule has 1 N–H and O–H groups in total. The highest BCUT2D eigenvalue weighted by atomic mass is 19.1. The first-order valence-electron chi connectivity index (χ1n) is 6.68. The molecule has 0 radical (unpaired) electrons. The van der Waals surface area contributed by atoms with Gasteiger partial charge in [-0.3, -0.25) is 0 Å². The van der Waals surface area contributed by atoms with Gasteiger partial charge in [0.1, 0.15) is 5.82 Å². The highest BCUT2D eigenvalue weighted by Gasteiger charge is 2.12. The third-order valence-corrected chi connectivity index (χ3v) is 2.84. The van der Waals surface area contributed by atoms with Crippen LogP contribution in [0.15, 0.2) is 24.3 Å². The van der Waals surface area contributed by atoms with Crippen molar-refractivity contribution in [3.8, 4) is 0 Å². The summed E-state index contributed by atoms with van der Waals surface area (Å²) in [6, 6.07) is 7.41. The van der Waals surface area contributed by atoms with Crippen molar-refractivity contribution in [3.05, 3.63) is 35.6 Å². The van der Waals surface area contributed by atoms with E-state index in [4.69, 9.17) is 4.74 Å². The fourth-order valence-electron chi connectivity index (χ4n) is 1.85. The van der Waals surface area contributed by atoms with Gasteiger partial charge in [-0.05, 0) is 30.9 Å². The summed E-state index contributed by atoms with van der Waals surface area (Å²) in [7, 11) is 0. The van der Waals surface area contributed by atoms with Crippen molar-refractivity contribution in [1.82, 2.24) is 5.32 Å². The molecule has 1 unspecified atom stereocenters. The predicted molar refractivity (Wildman–Crippen MR) is 73.2 cm³/mol. The lowest BCUT2D eigenvalue weighted by molar-refractivity contribution is 0.108. The van der Waals surface area contributed by atoms with Crippen molar-refractivity contribution in [3.63, 3.8) is 0 Å². The zero-order chi connectivity index (χ0) is 13.4. The van der Waals surface area contributed by atoms with E-state index < -0.39 is 0 Å². The summed E-state index contributed by atoms with van der Waals surface area (Å²) in [6.07, 6.45) is 0.715. The summed E-state index contributed by atoms with van der Waals surface area (Å²) in [5.74, 6) is 0.188. The zero-order valence-electron chi connectivity index (χ0n) is 11.6. The van der Waals surface area contributed by atoms with Gasteiger partial charge in [-0.15, -0.1) is 0 Å². The van der Waals surface area contributed by atoms with Crippen LogP contribution in [0.1, 0.15) is 26.3 Å². The topological polar surface area (TPSA) is 21.3 Å². The Kier molecular flexibility index (Phi) is 6.91. The molecule has 0 aliphatic carbocycles. The van der Waals surface area contributed by atoms with E-state index >= 15 is 0 Å². The van der Waals surface area contributed by atoms with Crippen LogP contribution >= 0.6 is 0 Å². The number of halogens is 1. The molecule has 0 saturated heterocycles. The second kappa shape index (κ2) is 8.22. The van der Waals surface area contributed by atoms with E-state index in [-0.39, 0.29) is 5.82 Å². The number of benzene rings is 1. The number of rotatable bonds is 8. The molecular formula is C15H24FNO. The van der Waals surface area contributed by atoms with E-state index in [2.05, 4.69) is 19.2 Å². The van der Waals surface area contributed by atoms with Gasteiger partial charge in [0.15, 0.2) is 0 Å². The Morgan fingerprint density at radius 2 is 2.00 bits per heavy atom. The van der Waals surface area contributed by atoms with Gasteiger partial charge >= 0.3 is 0 Å². The van der Waals surface area contributed by atoms with E-state index in [1.807, 2.05) is 19.1 Å². The van der Waals surface area contributed by atoms with Gasteiger partial charge < -0.3 is 10.1 Å². The Labute approximate surface area is 110 Å². The van der Waals surface area contributed by atoms with Crippen LogP contribution in [0.4, 0.5) is 4.39 Å². The molecule has 2 nitrogen and oxygen atoms in total. The molecule has 0 amide bonds. The molecular weight excluding hydrogens is 229 g/mol. The minimum Gasteiger partial charge on any atom is -0.381 e. The van der Waals surface area contributed by atoms with Gasteiger partial charge in [-0.1, -0.05) is 32.0 Å². The molecule has 0 aliphatic rings. The van der Waals surface area contributed by atoms with Crippen molar-refractivity contribution in [2.24, 2.45) is 5.92 Å². The molecule has 0 fully saturated rings. The first-order valence-corrected chi connectivity index (χ1v) is 6.68. The lowest BCUT2D eigenvalue weighted by Gasteiger charge is -2.19. The number of hydrogen-bond donors (Lipinski definition) is 1. The summed E-state index contributed by atoms with van der Waals surface area (Å²) in [5, 5.41) is 3.39. The molecule has 1 aromatic carbocycles. The molecule has 0 spiro atoms. The second-order valence-corrected chi connectivity index (χ2v) is 4.88. The SMILES string of the molecule is CCOCC(CNC(C)C)Cc1ccccc1F. The molecule has 102 valence electrons. The molecule has 1 rings (SSSR count).